The Bertz CT molecular complexity index is 1960. The fourth-order valence-corrected chi connectivity index (χ4v) is 8.55. The number of aliphatic hydroxyl groups excluding tert-OH is 3. The monoisotopic (exact) mass is 919 g/mol. The molecule has 29 heteroatoms. The Hall–Kier alpha value is -3.00. The number of carbonyl (C=O) groups excluding carboxylic acids is 3. The Morgan fingerprint density at radius 3 is 2.42 bits per heavy atom. The van der Waals surface area contributed by atoms with Crippen LogP contribution in [0.1, 0.15) is 46.3 Å². The first-order valence-corrected chi connectivity index (χ1v) is 23.0. The van der Waals surface area contributed by atoms with Crippen LogP contribution in [0.4, 0.5) is 5.82 Å². The Morgan fingerprint density at radius 1 is 1.05 bits per heavy atom. The van der Waals surface area contributed by atoms with Crippen LogP contribution in [0.2, 0.25) is 0 Å². The van der Waals surface area contributed by atoms with Gasteiger partial charge < -0.3 is 56.0 Å². The van der Waals surface area contributed by atoms with Gasteiger partial charge in [0.2, 0.25) is 11.8 Å². The highest BCUT2D eigenvalue weighted by atomic mass is 32.2. The van der Waals surface area contributed by atoms with E-state index in [1.165, 1.54) is 19.9 Å². The summed E-state index contributed by atoms with van der Waals surface area (Å²) >= 11 is 0.930. The number of allylic oxidation sites excluding steroid dienone is 3. The van der Waals surface area contributed by atoms with Gasteiger partial charge in [-0.3, -0.25) is 32.5 Å². The Morgan fingerprint density at radius 2 is 1.75 bits per heavy atom. The molecule has 1 fully saturated rings. The molecule has 0 radical (unpaired) electrons. The molecule has 2 aromatic heterocycles. The maximum Gasteiger partial charge on any atom is 0.481 e. The molecule has 3 heterocycles. The smallest absolute Gasteiger partial charge is 0.389 e. The minimum Gasteiger partial charge on any atom is -0.389 e. The minimum absolute atomic E-state index is 0.0245. The topological polar surface area (TPSA) is 384 Å². The molecule has 1 aliphatic heterocycles. The molecule has 3 rings (SSSR count). The average molecular weight is 920 g/mol. The third-order valence-corrected chi connectivity index (χ3v) is 12.0. The third-order valence-electron chi connectivity index (χ3n) is 7.96. The summed E-state index contributed by atoms with van der Waals surface area (Å²) in [4.78, 5) is 87.7. The van der Waals surface area contributed by atoms with Crippen LogP contribution in [0.25, 0.3) is 11.2 Å². The van der Waals surface area contributed by atoms with Crippen LogP contribution < -0.4 is 16.4 Å². The summed E-state index contributed by atoms with van der Waals surface area (Å²) in [6.07, 6.45) is -0.446. The summed E-state index contributed by atoms with van der Waals surface area (Å²) in [5.41, 5.74) is 4.23. The zero-order chi connectivity index (χ0) is 44.2. The number of ether oxygens (including phenoxy) is 1. The van der Waals surface area contributed by atoms with Gasteiger partial charge in [0.05, 0.1) is 25.6 Å². The summed E-state index contributed by atoms with van der Waals surface area (Å²) in [5.74, 6) is -1.30. The summed E-state index contributed by atoms with van der Waals surface area (Å²) < 4.78 is 62.1. The first-order valence-electron chi connectivity index (χ1n) is 17.5. The molecule has 0 spiro atoms. The fourth-order valence-electron chi connectivity index (χ4n) is 5.00. The SMILES string of the molecule is CC/C=C/C=C/C(O)CC(=O)SCCNC(=O)CCNC(=O)C(O)C(C)(C)COP(=O)(O)OP(=O)(O)OCC1OC(n2cnc3c(N)ncnc32)C(O)C1OP(=O)(O)O. The van der Waals surface area contributed by atoms with E-state index >= 15 is 0 Å². The zero-order valence-corrected chi connectivity index (χ0v) is 35.3. The number of thioether (sulfide) groups is 1. The number of nitrogens with one attached hydrogen (secondary N) is 2. The van der Waals surface area contributed by atoms with Crippen LogP contribution in [0.15, 0.2) is 37.0 Å². The lowest BCUT2D eigenvalue weighted by atomic mass is 9.87. The average Bonchev–Trinajstić information content (AvgIpc) is 3.70. The number of amides is 2. The number of aromatic nitrogens is 4. The summed E-state index contributed by atoms with van der Waals surface area (Å²) in [7, 11) is -16.4. The highest BCUT2D eigenvalue weighted by Gasteiger charge is 2.50. The fraction of sp³-hybridized carbons (Fsp3) is 0.600. The van der Waals surface area contributed by atoms with Crippen molar-refractivity contribution in [1.29, 1.82) is 0 Å². The van der Waals surface area contributed by atoms with E-state index in [0.29, 0.717) is 0 Å². The van der Waals surface area contributed by atoms with Gasteiger partial charge >= 0.3 is 23.5 Å². The van der Waals surface area contributed by atoms with Gasteiger partial charge in [0.1, 0.15) is 36.3 Å². The lowest BCUT2D eigenvalue weighted by Gasteiger charge is -2.30. The summed E-state index contributed by atoms with van der Waals surface area (Å²) in [6.45, 7) is 2.28. The maximum atomic E-state index is 12.7. The van der Waals surface area contributed by atoms with Crippen LogP contribution >= 0.6 is 35.2 Å². The normalized spacial score (nSPS) is 22.0. The van der Waals surface area contributed by atoms with Gasteiger partial charge in [-0.2, -0.15) is 4.31 Å². The second kappa shape index (κ2) is 22.2. The molecule has 0 aromatic carbocycles. The summed E-state index contributed by atoms with van der Waals surface area (Å²) in [5, 5.41) is 35.9. The number of hydrogen-bond acceptors (Lipinski definition) is 19. The molecule has 1 aliphatic rings. The first kappa shape index (κ1) is 50.4. The van der Waals surface area contributed by atoms with Crippen LogP contribution in [0.5, 0.6) is 0 Å². The number of nitrogen functional groups attached to an aromatic ring is 1. The van der Waals surface area contributed by atoms with Crippen molar-refractivity contribution in [2.75, 3.05) is 37.8 Å². The lowest BCUT2D eigenvalue weighted by Crippen LogP contribution is -2.46. The number of rotatable bonds is 24. The number of phosphoric acid groups is 3. The standard InChI is InChI=1S/C30H48N7O18P3S/c1-4-5-6-7-8-18(38)13-21(40)59-12-11-32-20(39)9-10-33-28(43)25(42)30(2,3)15-52-58(49,50)55-57(47,48)51-14-19-24(54-56(44,45)46)23(41)29(53-19)37-17-36-22-26(31)34-16-35-27(22)37/h5-8,16-19,23-25,29,38,41-42H,4,9-15H2,1-3H3,(H,32,39)(H,33,43)(H,47,48)(H,49,50)(H2,31,34,35)(H2,44,45,46)/b6-5+,8-7+. The number of carbonyl (C=O) groups is 3. The van der Waals surface area contributed by atoms with Gasteiger partial charge in [0.15, 0.2) is 22.8 Å². The number of imidazole rings is 1. The quantitative estimate of drug-likeness (QED) is 0.0374. The predicted molar refractivity (Wildman–Crippen MR) is 206 cm³/mol. The summed E-state index contributed by atoms with van der Waals surface area (Å²) in [6, 6.07) is 0. The predicted octanol–water partition coefficient (Wildman–Crippen LogP) is -0.0619. The molecule has 59 heavy (non-hydrogen) atoms. The van der Waals surface area contributed by atoms with E-state index in [1.807, 2.05) is 13.0 Å². The van der Waals surface area contributed by atoms with Crippen molar-refractivity contribution >= 4 is 69.1 Å². The van der Waals surface area contributed by atoms with Crippen molar-refractivity contribution in [1.82, 2.24) is 30.2 Å². The molecule has 8 unspecified atom stereocenters. The molecule has 1 saturated heterocycles. The van der Waals surface area contributed by atoms with Crippen molar-refractivity contribution < 1.29 is 85.6 Å². The Labute approximate surface area is 341 Å². The molecular formula is C30H48N7O18P3S. The number of nitrogens with two attached hydrogens (primary N) is 1. The molecule has 2 aromatic rings. The second-order valence-electron chi connectivity index (χ2n) is 13.3. The van der Waals surface area contributed by atoms with Gasteiger partial charge in [0.25, 0.3) is 0 Å². The van der Waals surface area contributed by atoms with Crippen molar-refractivity contribution in [3.8, 4) is 0 Å². The van der Waals surface area contributed by atoms with Gasteiger partial charge in [0, 0.05) is 37.1 Å². The molecule has 2 amide bonds. The van der Waals surface area contributed by atoms with E-state index in [4.69, 9.17) is 19.5 Å². The van der Waals surface area contributed by atoms with Crippen molar-refractivity contribution in [2.24, 2.45) is 5.41 Å². The number of nitrogens with zero attached hydrogens (tertiary/aromatic N) is 4. The van der Waals surface area contributed by atoms with Crippen LogP contribution in [-0.2, 0) is 50.7 Å². The molecular weight excluding hydrogens is 871 g/mol. The number of fused-ring (bicyclic) bond motifs is 1. The second-order valence-corrected chi connectivity index (χ2v) is 18.7. The van der Waals surface area contributed by atoms with E-state index in [-0.39, 0.29) is 53.8 Å². The highest BCUT2D eigenvalue weighted by molar-refractivity contribution is 8.13. The third kappa shape index (κ3) is 16.4. The number of anilines is 1. The van der Waals surface area contributed by atoms with Crippen LogP contribution in [0.3, 0.4) is 0 Å². The van der Waals surface area contributed by atoms with E-state index in [0.717, 1.165) is 35.4 Å². The molecule has 25 nitrogen and oxygen atoms in total. The van der Waals surface area contributed by atoms with Gasteiger partial charge in [-0.05, 0) is 6.42 Å². The molecule has 0 saturated carbocycles. The number of hydrogen-bond donors (Lipinski definition) is 10. The van der Waals surface area contributed by atoms with Crippen molar-refractivity contribution in [3.63, 3.8) is 0 Å². The van der Waals surface area contributed by atoms with Gasteiger partial charge in [-0.25, -0.2) is 28.6 Å². The molecule has 0 aliphatic carbocycles. The lowest BCUT2D eigenvalue weighted by molar-refractivity contribution is -0.137. The molecule has 11 N–H and O–H groups in total. The van der Waals surface area contributed by atoms with Crippen molar-refractivity contribution in [3.05, 3.63) is 37.0 Å². The van der Waals surface area contributed by atoms with E-state index in [9.17, 15) is 63.0 Å². The van der Waals surface area contributed by atoms with E-state index in [1.54, 1.807) is 12.2 Å². The highest BCUT2D eigenvalue weighted by Crippen LogP contribution is 2.61. The zero-order valence-electron chi connectivity index (χ0n) is 31.8. The van der Waals surface area contributed by atoms with E-state index in [2.05, 4.69) is 34.4 Å². The largest absolute Gasteiger partial charge is 0.481 e. The number of phosphoric ester groups is 3. The Balaban J connectivity index is 1.45. The van der Waals surface area contributed by atoms with Crippen molar-refractivity contribution in [2.45, 2.75) is 76.8 Å². The molecule has 8 atom stereocenters. The van der Waals surface area contributed by atoms with Gasteiger partial charge in [-0.15, -0.1) is 0 Å². The first-order chi connectivity index (χ1) is 27.4. The molecule has 332 valence electrons. The number of aliphatic hydroxyl groups is 3. The minimum atomic E-state index is -5.58. The van der Waals surface area contributed by atoms with Crippen LogP contribution in [0, 0.1) is 5.41 Å². The maximum absolute atomic E-state index is 12.7. The molecule has 0 bridgehead atoms. The van der Waals surface area contributed by atoms with E-state index < -0.39 is 90.7 Å². The van der Waals surface area contributed by atoms with Gasteiger partial charge in [-0.1, -0.05) is 56.8 Å². The van der Waals surface area contributed by atoms with Crippen LogP contribution in [-0.4, -0.2) is 134 Å². The Kier molecular flexibility index (Phi) is 18.9.